The number of rotatable bonds is 1. The van der Waals surface area contributed by atoms with Crippen LogP contribution in [0.3, 0.4) is 0 Å². The number of aromatic nitrogens is 1. The largest absolute Gasteiger partial charge is 0.374 e. The van der Waals surface area contributed by atoms with Crippen LogP contribution in [-0.4, -0.2) is 17.2 Å². The minimum absolute atomic E-state index is 0.482. The number of thiazole rings is 1. The molecule has 0 saturated carbocycles. The highest BCUT2D eigenvalue weighted by atomic mass is 32.1. The summed E-state index contributed by atoms with van der Waals surface area (Å²) in [7, 11) is 0. The second-order valence-electron chi connectivity index (χ2n) is 4.03. The molecule has 2 fully saturated rings. The third-order valence-corrected chi connectivity index (χ3v) is 4.11. The first kappa shape index (κ1) is 7.94. The molecule has 1 aromatic heterocycles. The number of fused-ring (bicyclic) bond motifs is 2. The summed E-state index contributed by atoms with van der Waals surface area (Å²) in [5.41, 5.74) is 0. The van der Waals surface area contributed by atoms with Crippen LogP contribution in [0.2, 0.25) is 0 Å². The van der Waals surface area contributed by atoms with Gasteiger partial charge in [0.1, 0.15) is 0 Å². The standard InChI is InChI=1S/C10H13NOS/c1-6-5-11-10(13-6)8-4-7-2-3-9(8)12-7/h5,7-9H,2-4H2,1H3. The Labute approximate surface area is 81.9 Å². The highest BCUT2D eigenvalue weighted by Gasteiger charge is 2.42. The Morgan fingerprint density at radius 3 is 3.00 bits per heavy atom. The first-order chi connectivity index (χ1) is 6.33. The molecule has 0 aliphatic carbocycles. The average molecular weight is 195 g/mol. The maximum absolute atomic E-state index is 5.82. The maximum atomic E-state index is 5.82. The lowest BCUT2D eigenvalue weighted by Gasteiger charge is -2.15. The van der Waals surface area contributed by atoms with Crippen molar-refractivity contribution in [1.82, 2.24) is 4.98 Å². The predicted octanol–water partition coefficient (Wildman–Crippen LogP) is 2.49. The molecule has 2 nitrogen and oxygen atoms in total. The first-order valence-corrected chi connectivity index (χ1v) is 5.72. The number of aryl methyl sites for hydroxylation is 1. The Morgan fingerprint density at radius 2 is 2.46 bits per heavy atom. The Kier molecular flexibility index (Phi) is 1.70. The summed E-state index contributed by atoms with van der Waals surface area (Å²) >= 11 is 1.83. The lowest BCUT2D eigenvalue weighted by molar-refractivity contribution is 0.101. The number of hydrogen-bond donors (Lipinski definition) is 0. The molecule has 0 spiro atoms. The monoisotopic (exact) mass is 195 g/mol. The lowest BCUT2D eigenvalue weighted by atomic mass is 9.90. The van der Waals surface area contributed by atoms with Crippen LogP contribution in [0, 0.1) is 6.92 Å². The molecule has 0 amide bonds. The van der Waals surface area contributed by atoms with Gasteiger partial charge in [0.05, 0.1) is 17.2 Å². The summed E-state index contributed by atoms with van der Waals surface area (Å²) in [6.07, 6.45) is 6.72. The van der Waals surface area contributed by atoms with Crippen LogP contribution in [0.25, 0.3) is 0 Å². The summed E-state index contributed by atoms with van der Waals surface area (Å²) in [6, 6.07) is 0. The van der Waals surface area contributed by atoms with E-state index >= 15 is 0 Å². The van der Waals surface area contributed by atoms with Gasteiger partial charge in [0.25, 0.3) is 0 Å². The summed E-state index contributed by atoms with van der Waals surface area (Å²) in [5.74, 6) is 0.609. The van der Waals surface area contributed by atoms with E-state index in [0.717, 1.165) is 0 Å². The van der Waals surface area contributed by atoms with Crippen molar-refractivity contribution in [2.75, 3.05) is 0 Å². The topological polar surface area (TPSA) is 22.1 Å². The summed E-state index contributed by atoms with van der Waals surface area (Å²) in [5, 5.41) is 1.30. The number of hydrogen-bond acceptors (Lipinski definition) is 3. The molecule has 3 heterocycles. The van der Waals surface area contributed by atoms with Crippen molar-refractivity contribution in [3.63, 3.8) is 0 Å². The van der Waals surface area contributed by atoms with Crippen LogP contribution in [-0.2, 0) is 4.74 Å². The molecule has 2 aliphatic rings. The molecule has 1 aromatic rings. The van der Waals surface area contributed by atoms with Gasteiger partial charge in [-0.3, -0.25) is 0 Å². The van der Waals surface area contributed by atoms with E-state index in [0.29, 0.717) is 18.1 Å². The first-order valence-electron chi connectivity index (χ1n) is 4.91. The fraction of sp³-hybridized carbons (Fsp3) is 0.700. The van der Waals surface area contributed by atoms with Crippen LogP contribution in [0.15, 0.2) is 6.20 Å². The quantitative estimate of drug-likeness (QED) is 0.687. The Hall–Kier alpha value is -0.410. The molecule has 2 bridgehead atoms. The van der Waals surface area contributed by atoms with Gasteiger partial charge >= 0.3 is 0 Å². The molecular formula is C10H13NOS. The Morgan fingerprint density at radius 1 is 1.54 bits per heavy atom. The second-order valence-corrected chi connectivity index (χ2v) is 5.29. The third kappa shape index (κ3) is 1.22. The van der Waals surface area contributed by atoms with E-state index < -0.39 is 0 Å². The van der Waals surface area contributed by atoms with E-state index in [9.17, 15) is 0 Å². The van der Waals surface area contributed by atoms with Gasteiger partial charge in [0, 0.05) is 17.0 Å². The number of nitrogens with zero attached hydrogens (tertiary/aromatic N) is 1. The van der Waals surface area contributed by atoms with Crippen molar-refractivity contribution >= 4 is 11.3 Å². The van der Waals surface area contributed by atoms with Gasteiger partial charge in [-0.25, -0.2) is 4.98 Å². The summed E-state index contributed by atoms with van der Waals surface area (Å²) in [4.78, 5) is 5.77. The van der Waals surface area contributed by atoms with Crippen LogP contribution in [0.4, 0.5) is 0 Å². The number of ether oxygens (including phenoxy) is 1. The zero-order valence-corrected chi connectivity index (χ0v) is 8.51. The molecule has 0 aromatic carbocycles. The van der Waals surface area contributed by atoms with E-state index in [-0.39, 0.29) is 0 Å². The van der Waals surface area contributed by atoms with Gasteiger partial charge < -0.3 is 4.74 Å². The SMILES string of the molecule is Cc1cnc(C2CC3CCC2O3)s1. The zero-order chi connectivity index (χ0) is 8.84. The van der Waals surface area contributed by atoms with Crippen molar-refractivity contribution in [2.24, 2.45) is 0 Å². The highest BCUT2D eigenvalue weighted by Crippen LogP contribution is 2.45. The van der Waals surface area contributed by atoms with E-state index in [1.54, 1.807) is 0 Å². The smallest absolute Gasteiger partial charge is 0.0985 e. The Balaban J connectivity index is 1.87. The molecule has 2 saturated heterocycles. The van der Waals surface area contributed by atoms with Crippen molar-refractivity contribution in [3.05, 3.63) is 16.1 Å². The molecule has 13 heavy (non-hydrogen) atoms. The maximum Gasteiger partial charge on any atom is 0.0985 e. The minimum Gasteiger partial charge on any atom is -0.374 e. The molecule has 0 radical (unpaired) electrons. The zero-order valence-electron chi connectivity index (χ0n) is 7.69. The summed E-state index contributed by atoms with van der Waals surface area (Å²) < 4.78 is 5.82. The van der Waals surface area contributed by atoms with Crippen molar-refractivity contribution in [1.29, 1.82) is 0 Å². The van der Waals surface area contributed by atoms with Gasteiger partial charge in [-0.2, -0.15) is 0 Å². The second kappa shape index (κ2) is 2.79. The van der Waals surface area contributed by atoms with Gasteiger partial charge in [0.2, 0.25) is 0 Å². The average Bonchev–Trinajstić information content (AvgIpc) is 2.77. The fourth-order valence-electron chi connectivity index (χ4n) is 2.44. The van der Waals surface area contributed by atoms with Crippen LogP contribution < -0.4 is 0 Å². The van der Waals surface area contributed by atoms with Gasteiger partial charge in [-0.1, -0.05) is 0 Å². The van der Waals surface area contributed by atoms with Gasteiger partial charge in [-0.05, 0) is 26.2 Å². The minimum atomic E-state index is 0.482. The van der Waals surface area contributed by atoms with Crippen LogP contribution in [0.5, 0.6) is 0 Å². The molecule has 3 unspecified atom stereocenters. The molecule has 0 N–H and O–H groups in total. The van der Waals surface area contributed by atoms with Crippen LogP contribution in [0.1, 0.15) is 35.1 Å². The molecule has 2 aliphatic heterocycles. The summed E-state index contributed by atoms with van der Waals surface area (Å²) in [6.45, 7) is 2.12. The van der Waals surface area contributed by atoms with Gasteiger partial charge in [0.15, 0.2) is 0 Å². The van der Waals surface area contributed by atoms with E-state index in [4.69, 9.17) is 4.74 Å². The van der Waals surface area contributed by atoms with Crippen molar-refractivity contribution in [2.45, 2.75) is 44.3 Å². The van der Waals surface area contributed by atoms with Gasteiger partial charge in [-0.15, -0.1) is 11.3 Å². The van der Waals surface area contributed by atoms with Crippen molar-refractivity contribution in [3.8, 4) is 0 Å². The molecule has 3 rings (SSSR count). The van der Waals surface area contributed by atoms with E-state index in [2.05, 4.69) is 11.9 Å². The van der Waals surface area contributed by atoms with E-state index in [1.165, 1.54) is 29.1 Å². The molecule has 3 heteroatoms. The molecule has 3 atom stereocenters. The predicted molar refractivity (Wildman–Crippen MR) is 52.1 cm³/mol. The fourth-order valence-corrected chi connectivity index (χ4v) is 3.38. The molecule has 70 valence electrons. The Bertz CT molecular complexity index is 322. The third-order valence-electron chi connectivity index (χ3n) is 3.06. The lowest BCUT2D eigenvalue weighted by Crippen LogP contribution is -2.13. The van der Waals surface area contributed by atoms with Crippen LogP contribution >= 0.6 is 11.3 Å². The molecular weight excluding hydrogens is 182 g/mol. The van der Waals surface area contributed by atoms with E-state index in [1.807, 2.05) is 17.5 Å². The van der Waals surface area contributed by atoms with Crippen molar-refractivity contribution < 1.29 is 4.74 Å². The highest BCUT2D eigenvalue weighted by molar-refractivity contribution is 7.11. The normalized spacial score (nSPS) is 37.2.